The van der Waals surface area contributed by atoms with E-state index in [1.54, 1.807) is 27.7 Å². The Labute approximate surface area is 312 Å². The molecule has 276 valence electrons. The topological polar surface area (TPSA) is 149 Å². The van der Waals surface area contributed by atoms with Crippen molar-refractivity contribution in [2.75, 3.05) is 13.2 Å². The van der Waals surface area contributed by atoms with Crippen LogP contribution in [-0.2, 0) is 23.9 Å². The Morgan fingerprint density at radius 1 is 1.06 bits per heavy atom. The van der Waals surface area contributed by atoms with E-state index in [9.17, 15) is 19.2 Å². The van der Waals surface area contributed by atoms with Crippen LogP contribution in [-0.4, -0.2) is 81.2 Å². The zero-order valence-corrected chi connectivity index (χ0v) is 31.6. The minimum atomic E-state index is -1.22. The van der Waals surface area contributed by atoms with Crippen LogP contribution in [0.3, 0.4) is 0 Å². The van der Waals surface area contributed by atoms with Gasteiger partial charge < -0.3 is 29.7 Å². The molecule has 13 heteroatoms. The quantitative estimate of drug-likeness (QED) is 0.219. The summed E-state index contributed by atoms with van der Waals surface area (Å²) in [5, 5.41) is 5.78. The molecule has 0 radical (unpaired) electrons. The van der Waals surface area contributed by atoms with E-state index in [0.29, 0.717) is 36.0 Å². The highest BCUT2D eigenvalue weighted by atomic mass is 79.9. The molecule has 2 aliphatic heterocycles. The number of nitrogens with one attached hydrogen (secondary N) is 2. The van der Waals surface area contributed by atoms with Crippen molar-refractivity contribution in [3.63, 3.8) is 0 Å². The van der Waals surface area contributed by atoms with Crippen LogP contribution in [0, 0.1) is 5.92 Å². The van der Waals surface area contributed by atoms with Crippen molar-refractivity contribution in [2.45, 2.75) is 102 Å². The molecule has 2 aromatic carbocycles. The lowest BCUT2D eigenvalue weighted by molar-refractivity contribution is -0.150. The summed E-state index contributed by atoms with van der Waals surface area (Å²) in [4.78, 5) is 66.3. The number of halogens is 1. The Hall–Kier alpha value is -4.52. The Balaban J connectivity index is 1.35. The number of amides is 3. The molecule has 3 amide bonds. The first kappa shape index (κ1) is 37.2. The van der Waals surface area contributed by atoms with Gasteiger partial charge in [0, 0.05) is 22.4 Å². The van der Waals surface area contributed by atoms with Crippen molar-refractivity contribution in [1.82, 2.24) is 25.5 Å². The lowest BCUT2D eigenvalue weighted by Crippen LogP contribution is -2.56. The number of para-hydroxylation sites is 2. The molecule has 0 spiro atoms. The predicted octanol–water partition coefficient (Wildman–Crippen LogP) is 6.26. The van der Waals surface area contributed by atoms with E-state index in [1.165, 1.54) is 4.90 Å². The molecule has 12 nitrogen and oxygen atoms in total. The minimum Gasteiger partial charge on any atom is -0.471 e. The highest BCUT2D eigenvalue weighted by Crippen LogP contribution is 2.46. The number of aromatic nitrogens is 2. The lowest BCUT2D eigenvalue weighted by Gasteiger charge is -2.30. The van der Waals surface area contributed by atoms with Crippen molar-refractivity contribution in [3.8, 4) is 17.1 Å². The van der Waals surface area contributed by atoms with Gasteiger partial charge >= 0.3 is 12.1 Å². The molecule has 1 saturated carbocycles. The summed E-state index contributed by atoms with van der Waals surface area (Å²) in [6, 6.07) is 13.2. The van der Waals surface area contributed by atoms with Gasteiger partial charge in [-0.25, -0.2) is 19.6 Å². The maximum absolute atomic E-state index is 14.5. The van der Waals surface area contributed by atoms with Gasteiger partial charge in [0.15, 0.2) is 0 Å². The SMILES string of the molecule is CCOC(=O)[C@@]12C[C@H]1/C=C\CCCCC[C@H](NC(=O)OC(C)(C)C)C(=O)N1C[C@H](Oc3nc4ccccc4nc3-c3cccc(Br)c3)C[C@H]1C(=O)N2. The normalized spacial score (nSPS) is 25.8. The smallest absolute Gasteiger partial charge is 0.408 e. The van der Waals surface area contributed by atoms with Crippen LogP contribution in [0.1, 0.15) is 72.6 Å². The molecular weight excluding hydrogens is 730 g/mol. The second kappa shape index (κ2) is 15.6. The first-order valence-electron chi connectivity index (χ1n) is 18.0. The summed E-state index contributed by atoms with van der Waals surface area (Å²) in [6.07, 6.45) is 6.65. The van der Waals surface area contributed by atoms with Crippen LogP contribution in [0.15, 0.2) is 65.2 Å². The molecule has 2 fully saturated rings. The Bertz CT molecular complexity index is 1860. The molecule has 5 atom stereocenters. The van der Waals surface area contributed by atoms with E-state index in [-0.39, 0.29) is 31.4 Å². The average Bonchev–Trinajstić information content (AvgIpc) is 3.62. The van der Waals surface area contributed by atoms with Gasteiger partial charge in [0.25, 0.3) is 0 Å². The first-order chi connectivity index (χ1) is 24.9. The molecule has 52 heavy (non-hydrogen) atoms. The number of rotatable bonds is 6. The molecule has 1 aromatic heterocycles. The molecule has 0 unspecified atom stereocenters. The molecule has 1 saturated heterocycles. The number of ether oxygens (including phenoxy) is 3. The van der Waals surface area contributed by atoms with Gasteiger partial charge in [0.2, 0.25) is 17.7 Å². The van der Waals surface area contributed by atoms with Crippen LogP contribution >= 0.6 is 15.9 Å². The fourth-order valence-electron chi connectivity index (χ4n) is 6.89. The number of nitrogens with zero attached hydrogens (tertiary/aromatic N) is 3. The molecule has 1 aliphatic carbocycles. The zero-order chi connectivity index (χ0) is 37.0. The van der Waals surface area contributed by atoms with Gasteiger partial charge in [-0.05, 0) is 77.6 Å². The fourth-order valence-corrected chi connectivity index (χ4v) is 7.29. The van der Waals surface area contributed by atoms with Crippen molar-refractivity contribution < 1.29 is 33.4 Å². The number of carbonyl (C=O) groups excluding carboxylic acids is 4. The highest BCUT2D eigenvalue weighted by Gasteiger charge is 2.62. The summed E-state index contributed by atoms with van der Waals surface area (Å²) in [6.45, 7) is 7.19. The van der Waals surface area contributed by atoms with Crippen LogP contribution in [0.25, 0.3) is 22.3 Å². The zero-order valence-electron chi connectivity index (χ0n) is 30.0. The molecular formula is C39H46BrN5O7. The summed E-state index contributed by atoms with van der Waals surface area (Å²) in [7, 11) is 0. The van der Waals surface area contributed by atoms with Crippen molar-refractivity contribution in [2.24, 2.45) is 5.92 Å². The second-order valence-electron chi connectivity index (χ2n) is 14.6. The van der Waals surface area contributed by atoms with Crippen molar-refractivity contribution in [1.29, 1.82) is 0 Å². The summed E-state index contributed by atoms with van der Waals surface area (Å²) < 4.78 is 18.4. The van der Waals surface area contributed by atoms with Crippen LogP contribution in [0.5, 0.6) is 5.88 Å². The van der Waals surface area contributed by atoms with Gasteiger partial charge in [-0.15, -0.1) is 0 Å². The fraction of sp³-hybridized carbons (Fsp3) is 0.487. The number of hydrogen-bond donors (Lipinski definition) is 2. The number of carbonyl (C=O) groups is 4. The van der Waals surface area contributed by atoms with E-state index in [0.717, 1.165) is 29.3 Å². The van der Waals surface area contributed by atoms with Gasteiger partial charge in [0.05, 0.1) is 24.2 Å². The van der Waals surface area contributed by atoms with Gasteiger partial charge in [0.1, 0.15) is 35.0 Å². The molecule has 3 aliphatic rings. The highest BCUT2D eigenvalue weighted by molar-refractivity contribution is 9.10. The maximum Gasteiger partial charge on any atom is 0.408 e. The third kappa shape index (κ3) is 8.57. The molecule has 3 heterocycles. The summed E-state index contributed by atoms with van der Waals surface area (Å²) in [5.41, 5.74) is 0.608. The Morgan fingerprint density at radius 3 is 2.56 bits per heavy atom. The van der Waals surface area contributed by atoms with E-state index < -0.39 is 53.2 Å². The molecule has 2 N–H and O–H groups in total. The predicted molar refractivity (Wildman–Crippen MR) is 198 cm³/mol. The summed E-state index contributed by atoms with van der Waals surface area (Å²) in [5.74, 6) is -1.39. The number of hydrogen-bond acceptors (Lipinski definition) is 9. The minimum absolute atomic E-state index is 0.0333. The third-order valence-corrected chi connectivity index (χ3v) is 9.98. The average molecular weight is 777 g/mol. The Morgan fingerprint density at radius 2 is 1.83 bits per heavy atom. The Kier molecular flexibility index (Phi) is 11.2. The maximum atomic E-state index is 14.5. The van der Waals surface area contributed by atoms with E-state index >= 15 is 0 Å². The van der Waals surface area contributed by atoms with Crippen molar-refractivity contribution in [3.05, 3.63) is 65.2 Å². The summed E-state index contributed by atoms with van der Waals surface area (Å²) >= 11 is 3.55. The lowest BCUT2D eigenvalue weighted by atomic mass is 10.0. The number of allylic oxidation sites excluding steroid dienone is 1. The van der Waals surface area contributed by atoms with Crippen LogP contribution < -0.4 is 15.4 Å². The van der Waals surface area contributed by atoms with E-state index in [2.05, 4.69) is 26.6 Å². The number of alkyl carbamates (subject to hydrolysis) is 1. The molecule has 0 bridgehead atoms. The monoisotopic (exact) mass is 775 g/mol. The standard InChI is InChI=1S/C39H46BrN5O7/c1-5-50-36(48)39-22-25(39)15-9-7-6-8-10-19-30(43-37(49)52-38(2,3)4)35(47)45-23-27(21-31(45)33(46)44-39)51-34-32(24-14-13-16-26(40)20-24)41-28-17-11-12-18-29(28)42-34/h9,11-18,20,25,27,30-31H,5-8,10,19,21-23H2,1-4H3,(H,43,49)(H,44,46)/b15-9-/t25-,27-,30+,31+,39-/m1/s1. The molecule has 3 aromatic rings. The number of benzene rings is 2. The van der Waals surface area contributed by atoms with Crippen LogP contribution in [0.4, 0.5) is 4.79 Å². The number of fused-ring (bicyclic) bond motifs is 3. The van der Waals surface area contributed by atoms with E-state index in [1.807, 2.05) is 60.7 Å². The van der Waals surface area contributed by atoms with Crippen molar-refractivity contribution >= 4 is 50.8 Å². The van der Waals surface area contributed by atoms with Gasteiger partial charge in [-0.2, -0.15) is 0 Å². The first-order valence-corrected chi connectivity index (χ1v) is 18.8. The third-order valence-electron chi connectivity index (χ3n) is 9.49. The van der Waals surface area contributed by atoms with Gasteiger partial charge in [-0.1, -0.05) is 65.2 Å². The van der Waals surface area contributed by atoms with Crippen LogP contribution in [0.2, 0.25) is 0 Å². The number of esters is 1. The second-order valence-corrected chi connectivity index (χ2v) is 15.5. The largest absolute Gasteiger partial charge is 0.471 e. The van der Waals surface area contributed by atoms with Gasteiger partial charge in [-0.3, -0.25) is 9.59 Å². The van der Waals surface area contributed by atoms with E-state index in [4.69, 9.17) is 24.2 Å². The molecule has 6 rings (SSSR count).